The van der Waals surface area contributed by atoms with Crippen molar-refractivity contribution in [2.75, 3.05) is 19.0 Å². The summed E-state index contributed by atoms with van der Waals surface area (Å²) in [5, 5.41) is 6.05. The van der Waals surface area contributed by atoms with Gasteiger partial charge < -0.3 is 24.7 Å². The molecule has 1 saturated carbocycles. The second kappa shape index (κ2) is 10.7. The van der Waals surface area contributed by atoms with E-state index in [0.29, 0.717) is 42.3 Å². The molecule has 3 aromatic rings. The molecule has 2 heterocycles. The van der Waals surface area contributed by atoms with Crippen LogP contribution in [0.3, 0.4) is 0 Å². The van der Waals surface area contributed by atoms with Crippen LogP contribution in [-0.2, 0) is 23.1 Å². The van der Waals surface area contributed by atoms with Crippen LogP contribution in [0.15, 0.2) is 36.4 Å². The van der Waals surface area contributed by atoms with Crippen molar-refractivity contribution in [1.29, 1.82) is 0 Å². The van der Waals surface area contributed by atoms with Crippen molar-refractivity contribution < 1.29 is 19.1 Å². The Morgan fingerprint density at radius 3 is 2.69 bits per heavy atom. The van der Waals surface area contributed by atoms with Gasteiger partial charge in [0.05, 0.1) is 23.7 Å². The number of ether oxygens (including phenoxy) is 2. The average molecular weight is 491 g/mol. The summed E-state index contributed by atoms with van der Waals surface area (Å²) in [4.78, 5) is 31.1. The highest BCUT2D eigenvalue weighted by Gasteiger charge is 2.26. The number of hydrogen-bond donors (Lipinski definition) is 2. The van der Waals surface area contributed by atoms with Gasteiger partial charge in [-0.25, -0.2) is 4.98 Å². The van der Waals surface area contributed by atoms with E-state index in [4.69, 9.17) is 14.5 Å². The highest BCUT2D eigenvalue weighted by Crippen LogP contribution is 2.33. The molecule has 2 amide bonds. The van der Waals surface area contributed by atoms with Crippen LogP contribution in [0.2, 0.25) is 0 Å². The van der Waals surface area contributed by atoms with Crippen molar-refractivity contribution >= 4 is 28.5 Å². The van der Waals surface area contributed by atoms with E-state index in [1.54, 1.807) is 13.2 Å². The molecule has 2 aromatic carbocycles. The zero-order valence-corrected chi connectivity index (χ0v) is 21.0. The predicted octanol–water partition coefficient (Wildman–Crippen LogP) is 4.88. The maximum Gasteiger partial charge on any atom is 0.253 e. The SMILES string of the molecule is COc1ccccc1CNC(=O)c1cc(NC(=O)CC2CCCC2)cc2nc(C3CCCO3)n(C)c12. The first-order valence-electron chi connectivity index (χ1n) is 12.9. The predicted molar refractivity (Wildman–Crippen MR) is 138 cm³/mol. The first-order valence-corrected chi connectivity index (χ1v) is 12.9. The Labute approximate surface area is 211 Å². The quantitative estimate of drug-likeness (QED) is 0.469. The molecule has 1 aromatic heterocycles. The monoisotopic (exact) mass is 490 g/mol. The third-order valence-electron chi connectivity index (χ3n) is 7.33. The van der Waals surface area contributed by atoms with Crippen LogP contribution in [0.4, 0.5) is 5.69 Å². The fourth-order valence-electron chi connectivity index (χ4n) is 5.49. The maximum absolute atomic E-state index is 13.5. The fraction of sp³-hybridized carbons (Fsp3) is 0.464. The lowest BCUT2D eigenvalue weighted by Crippen LogP contribution is -2.24. The van der Waals surface area contributed by atoms with Crippen molar-refractivity contribution in [3.63, 3.8) is 0 Å². The summed E-state index contributed by atoms with van der Waals surface area (Å²) in [5.41, 5.74) is 3.34. The van der Waals surface area contributed by atoms with Crippen molar-refractivity contribution in [3.8, 4) is 5.75 Å². The molecule has 1 atom stereocenters. The van der Waals surface area contributed by atoms with Crippen molar-refractivity contribution in [1.82, 2.24) is 14.9 Å². The number of methoxy groups -OCH3 is 1. The molecule has 2 fully saturated rings. The molecular weight excluding hydrogens is 456 g/mol. The Balaban J connectivity index is 1.45. The van der Waals surface area contributed by atoms with Gasteiger partial charge in [0.2, 0.25) is 5.91 Å². The number of carbonyl (C=O) groups is 2. The Kier molecular flexibility index (Phi) is 7.23. The van der Waals surface area contributed by atoms with E-state index in [1.165, 1.54) is 12.8 Å². The molecule has 190 valence electrons. The molecular formula is C28H34N4O4. The number of nitrogens with zero attached hydrogens (tertiary/aromatic N) is 2. The average Bonchev–Trinajstić information content (AvgIpc) is 3.64. The Hall–Kier alpha value is -3.39. The number of hydrogen-bond acceptors (Lipinski definition) is 5. The summed E-state index contributed by atoms with van der Waals surface area (Å²) >= 11 is 0. The maximum atomic E-state index is 13.5. The minimum Gasteiger partial charge on any atom is -0.496 e. The number of nitrogens with one attached hydrogen (secondary N) is 2. The Morgan fingerprint density at radius 1 is 1.14 bits per heavy atom. The van der Waals surface area contributed by atoms with Gasteiger partial charge in [0.1, 0.15) is 17.7 Å². The summed E-state index contributed by atoms with van der Waals surface area (Å²) in [5.74, 6) is 1.71. The molecule has 1 unspecified atom stereocenters. The third kappa shape index (κ3) is 5.09. The number of amides is 2. The number of fused-ring (bicyclic) bond motifs is 1. The Bertz CT molecular complexity index is 1260. The number of anilines is 1. The topological polar surface area (TPSA) is 94.5 Å². The third-order valence-corrected chi connectivity index (χ3v) is 7.33. The zero-order chi connectivity index (χ0) is 25.1. The molecule has 36 heavy (non-hydrogen) atoms. The minimum absolute atomic E-state index is 0.0167. The Morgan fingerprint density at radius 2 is 1.94 bits per heavy atom. The molecule has 8 nitrogen and oxygen atoms in total. The van der Waals surface area contributed by atoms with Crippen LogP contribution in [-0.4, -0.2) is 35.1 Å². The molecule has 2 N–H and O–H groups in total. The second-order valence-electron chi connectivity index (χ2n) is 9.82. The van der Waals surface area contributed by atoms with E-state index in [9.17, 15) is 9.59 Å². The summed E-state index contributed by atoms with van der Waals surface area (Å²) < 4.78 is 13.3. The van der Waals surface area contributed by atoms with Crippen LogP contribution in [0, 0.1) is 5.92 Å². The normalized spacial score (nSPS) is 18.0. The van der Waals surface area contributed by atoms with Gasteiger partial charge in [-0.15, -0.1) is 0 Å². The van der Waals surface area contributed by atoms with Crippen LogP contribution in [0.25, 0.3) is 11.0 Å². The first kappa shape index (κ1) is 24.3. The molecule has 8 heteroatoms. The standard InChI is InChI=1S/C28H34N4O4/c1-32-26-21(28(34)29-17-19-10-5-6-11-23(19)35-2)15-20(30-25(33)14-18-8-3-4-9-18)16-22(26)31-27(32)24-12-7-13-36-24/h5-6,10-11,15-16,18,24H,3-4,7-9,12-14,17H2,1-2H3,(H,29,34)(H,30,33). The lowest BCUT2D eigenvalue weighted by Gasteiger charge is -2.14. The van der Waals surface area contributed by atoms with Gasteiger partial charge in [0.25, 0.3) is 5.91 Å². The van der Waals surface area contributed by atoms with E-state index in [2.05, 4.69) is 10.6 Å². The van der Waals surface area contributed by atoms with Crippen molar-refractivity contribution in [2.24, 2.45) is 13.0 Å². The number of aromatic nitrogens is 2. The van der Waals surface area contributed by atoms with Crippen LogP contribution < -0.4 is 15.4 Å². The number of imidazole rings is 1. The van der Waals surface area contributed by atoms with Gasteiger partial charge in [-0.05, 0) is 49.8 Å². The number of aryl methyl sites for hydroxylation is 1. The molecule has 1 aliphatic heterocycles. The first-order chi connectivity index (χ1) is 17.5. The van der Waals surface area contributed by atoms with Gasteiger partial charge in [0.15, 0.2) is 0 Å². The van der Waals surface area contributed by atoms with Gasteiger partial charge in [-0.2, -0.15) is 0 Å². The van der Waals surface area contributed by atoms with Gasteiger partial charge in [-0.3, -0.25) is 9.59 Å². The van der Waals surface area contributed by atoms with E-state index in [1.807, 2.05) is 41.9 Å². The molecule has 1 aliphatic carbocycles. The number of rotatable bonds is 8. The summed E-state index contributed by atoms with van der Waals surface area (Å²) in [6.07, 6.45) is 6.91. The zero-order valence-electron chi connectivity index (χ0n) is 21.0. The largest absolute Gasteiger partial charge is 0.496 e. The lowest BCUT2D eigenvalue weighted by molar-refractivity contribution is -0.117. The van der Waals surface area contributed by atoms with Gasteiger partial charge in [0, 0.05) is 37.9 Å². The van der Waals surface area contributed by atoms with Gasteiger partial charge >= 0.3 is 0 Å². The number of benzene rings is 2. The van der Waals surface area contributed by atoms with E-state index >= 15 is 0 Å². The molecule has 2 aliphatic rings. The van der Waals surface area contributed by atoms with Crippen LogP contribution >= 0.6 is 0 Å². The summed E-state index contributed by atoms with van der Waals surface area (Å²) in [6.45, 7) is 1.03. The molecule has 0 radical (unpaired) electrons. The molecule has 0 spiro atoms. The van der Waals surface area contributed by atoms with E-state index < -0.39 is 0 Å². The highest BCUT2D eigenvalue weighted by atomic mass is 16.5. The van der Waals surface area contributed by atoms with E-state index in [-0.39, 0.29) is 17.9 Å². The minimum atomic E-state index is -0.236. The van der Waals surface area contributed by atoms with Crippen molar-refractivity contribution in [3.05, 3.63) is 53.3 Å². The van der Waals surface area contributed by atoms with Crippen LogP contribution in [0.5, 0.6) is 5.75 Å². The molecule has 1 saturated heterocycles. The van der Waals surface area contributed by atoms with Crippen LogP contribution in [0.1, 0.15) is 72.8 Å². The van der Waals surface area contributed by atoms with Gasteiger partial charge in [-0.1, -0.05) is 31.0 Å². The fourth-order valence-corrected chi connectivity index (χ4v) is 5.49. The second-order valence-corrected chi connectivity index (χ2v) is 9.82. The molecule has 0 bridgehead atoms. The summed E-state index contributed by atoms with van der Waals surface area (Å²) in [7, 11) is 3.53. The van der Waals surface area contributed by atoms with E-state index in [0.717, 1.165) is 48.3 Å². The van der Waals surface area contributed by atoms with Crippen molar-refractivity contribution in [2.45, 2.75) is 57.6 Å². The lowest BCUT2D eigenvalue weighted by atomic mass is 10.0. The number of carbonyl (C=O) groups excluding carboxylic acids is 2. The molecule has 5 rings (SSSR count). The smallest absolute Gasteiger partial charge is 0.253 e. The highest BCUT2D eigenvalue weighted by molar-refractivity contribution is 6.07. The summed E-state index contributed by atoms with van der Waals surface area (Å²) in [6, 6.07) is 11.2. The number of para-hydroxylation sites is 1.